The van der Waals surface area contributed by atoms with E-state index in [0.717, 1.165) is 19.1 Å². The number of nitrogens with one attached hydrogen (secondary N) is 1. The second-order valence-corrected chi connectivity index (χ2v) is 9.30. The van der Waals surface area contributed by atoms with Gasteiger partial charge in [0, 0.05) is 23.0 Å². The Morgan fingerprint density at radius 1 is 1.17 bits per heavy atom. The number of benzene rings is 2. The molecule has 12 heteroatoms. The van der Waals surface area contributed by atoms with Crippen LogP contribution in [-0.2, 0) is 21.7 Å². The lowest BCUT2D eigenvalue weighted by atomic mass is 9.92. The molecule has 0 unspecified atom stereocenters. The van der Waals surface area contributed by atoms with E-state index in [0.29, 0.717) is 14.3 Å². The molecular formula is C23H18BrF4N3O4. The standard InChI is InChI=1S/C23H18BrF4N3O4/c1-12(23(26,27)28)30(10-13-2-5-15(25)6-3-13)19(33)11-31-20(34)22(29-21(31)35)9-18(32)16-8-14(24)4-7-17(16)22/h2-8,12H,9-11H2,1H3,(H,29,35)/t12-,22-/m0/s1. The number of alkyl halides is 3. The Morgan fingerprint density at radius 2 is 1.83 bits per heavy atom. The van der Waals surface area contributed by atoms with Crippen LogP contribution in [0.15, 0.2) is 46.9 Å². The van der Waals surface area contributed by atoms with Gasteiger partial charge in [-0.2, -0.15) is 13.2 Å². The minimum atomic E-state index is -4.79. The predicted octanol–water partition coefficient (Wildman–Crippen LogP) is 3.90. The van der Waals surface area contributed by atoms with E-state index in [1.807, 2.05) is 0 Å². The summed E-state index contributed by atoms with van der Waals surface area (Å²) < 4.78 is 54.4. The van der Waals surface area contributed by atoms with Gasteiger partial charge in [0.1, 0.15) is 18.4 Å². The third-order valence-electron chi connectivity index (χ3n) is 6.16. The van der Waals surface area contributed by atoms with E-state index in [4.69, 9.17) is 0 Å². The fourth-order valence-electron chi connectivity index (χ4n) is 4.25. The molecule has 1 fully saturated rings. The molecule has 0 aromatic heterocycles. The van der Waals surface area contributed by atoms with Gasteiger partial charge in [0.15, 0.2) is 11.3 Å². The molecule has 1 spiro atoms. The predicted molar refractivity (Wildman–Crippen MR) is 117 cm³/mol. The van der Waals surface area contributed by atoms with Crippen LogP contribution in [0.5, 0.6) is 0 Å². The first kappa shape index (κ1) is 24.8. The summed E-state index contributed by atoms with van der Waals surface area (Å²) in [5.74, 6) is -3.03. The first-order valence-corrected chi connectivity index (χ1v) is 11.2. The zero-order valence-corrected chi connectivity index (χ0v) is 19.7. The van der Waals surface area contributed by atoms with Crippen LogP contribution in [0.2, 0.25) is 0 Å². The molecule has 2 aliphatic rings. The molecule has 1 heterocycles. The zero-order chi connectivity index (χ0) is 25.7. The van der Waals surface area contributed by atoms with Gasteiger partial charge in [0.2, 0.25) is 5.91 Å². The molecule has 4 rings (SSSR count). The van der Waals surface area contributed by atoms with Crippen molar-refractivity contribution in [3.8, 4) is 0 Å². The molecule has 7 nitrogen and oxygen atoms in total. The number of urea groups is 1. The van der Waals surface area contributed by atoms with Gasteiger partial charge >= 0.3 is 12.2 Å². The van der Waals surface area contributed by atoms with Gasteiger partial charge < -0.3 is 10.2 Å². The van der Waals surface area contributed by atoms with Crippen LogP contribution in [0.25, 0.3) is 0 Å². The number of hydrogen-bond acceptors (Lipinski definition) is 4. The highest BCUT2D eigenvalue weighted by molar-refractivity contribution is 9.10. The summed E-state index contributed by atoms with van der Waals surface area (Å²) in [6.07, 6.45) is -5.16. The average molecular weight is 556 g/mol. The molecule has 1 saturated heterocycles. The molecule has 4 amide bonds. The maximum absolute atomic E-state index is 13.5. The Labute approximate surface area is 205 Å². The highest BCUT2D eigenvalue weighted by Crippen LogP contribution is 2.42. The molecule has 2 aromatic rings. The third kappa shape index (κ3) is 4.42. The van der Waals surface area contributed by atoms with Gasteiger partial charge in [-0.15, -0.1) is 0 Å². The van der Waals surface area contributed by atoms with Gasteiger partial charge in [-0.3, -0.25) is 19.3 Å². The van der Waals surface area contributed by atoms with Gasteiger partial charge in [-0.05, 0) is 42.3 Å². The Balaban J connectivity index is 1.61. The van der Waals surface area contributed by atoms with Crippen molar-refractivity contribution in [1.29, 1.82) is 0 Å². The van der Waals surface area contributed by atoms with Gasteiger partial charge in [-0.25, -0.2) is 9.18 Å². The Morgan fingerprint density at radius 3 is 2.46 bits per heavy atom. The summed E-state index contributed by atoms with van der Waals surface area (Å²) in [5, 5.41) is 2.46. The number of carbonyl (C=O) groups excluding carboxylic acids is 4. The molecule has 0 bridgehead atoms. The molecule has 0 radical (unpaired) electrons. The number of rotatable bonds is 5. The number of Topliss-reactive ketones (excluding diaryl/α,β-unsaturated/α-hetero) is 1. The number of hydrogen-bond donors (Lipinski definition) is 1. The second kappa shape index (κ2) is 8.74. The summed E-state index contributed by atoms with van der Waals surface area (Å²) >= 11 is 3.24. The minimum Gasteiger partial charge on any atom is -0.325 e. The number of imide groups is 1. The van der Waals surface area contributed by atoms with Crippen molar-refractivity contribution in [2.45, 2.75) is 37.6 Å². The molecule has 1 aliphatic heterocycles. The number of nitrogens with zero attached hydrogens (tertiary/aromatic N) is 2. The highest BCUT2D eigenvalue weighted by atomic mass is 79.9. The van der Waals surface area contributed by atoms with Crippen molar-refractivity contribution in [3.05, 3.63) is 69.4 Å². The van der Waals surface area contributed by atoms with Crippen LogP contribution < -0.4 is 5.32 Å². The van der Waals surface area contributed by atoms with Crippen molar-refractivity contribution in [2.75, 3.05) is 6.54 Å². The van der Waals surface area contributed by atoms with Crippen LogP contribution in [0.1, 0.15) is 34.8 Å². The van der Waals surface area contributed by atoms with E-state index in [1.54, 1.807) is 6.07 Å². The maximum atomic E-state index is 13.5. The Hall–Kier alpha value is -3.28. The minimum absolute atomic E-state index is 0.227. The van der Waals surface area contributed by atoms with Crippen LogP contribution in [0.3, 0.4) is 0 Å². The molecule has 0 saturated carbocycles. The molecule has 1 aliphatic carbocycles. The normalized spacial score (nSPS) is 20.3. The fourth-order valence-corrected chi connectivity index (χ4v) is 4.61. The number of amides is 4. The third-order valence-corrected chi connectivity index (χ3v) is 6.66. The maximum Gasteiger partial charge on any atom is 0.408 e. The van der Waals surface area contributed by atoms with E-state index < -0.39 is 60.3 Å². The quantitative estimate of drug-likeness (QED) is 0.448. The Bertz CT molecular complexity index is 1230. The summed E-state index contributed by atoms with van der Waals surface area (Å²) in [4.78, 5) is 52.5. The number of halogens is 5. The number of carbonyl (C=O) groups is 4. The van der Waals surface area contributed by atoms with Gasteiger partial charge in [0.25, 0.3) is 5.91 Å². The van der Waals surface area contributed by atoms with Crippen LogP contribution >= 0.6 is 15.9 Å². The number of ketones is 1. The van der Waals surface area contributed by atoms with Crippen molar-refractivity contribution in [2.24, 2.45) is 0 Å². The number of fused-ring (bicyclic) bond motifs is 2. The zero-order valence-electron chi connectivity index (χ0n) is 18.2. The van der Waals surface area contributed by atoms with E-state index in [-0.39, 0.29) is 23.1 Å². The molecule has 184 valence electrons. The van der Waals surface area contributed by atoms with Crippen molar-refractivity contribution >= 4 is 39.6 Å². The van der Waals surface area contributed by atoms with Crippen LogP contribution in [0, 0.1) is 5.82 Å². The second-order valence-electron chi connectivity index (χ2n) is 8.38. The van der Waals surface area contributed by atoms with Crippen molar-refractivity contribution < 1.29 is 36.7 Å². The van der Waals surface area contributed by atoms with Crippen molar-refractivity contribution in [3.63, 3.8) is 0 Å². The molecule has 2 aromatic carbocycles. The summed E-state index contributed by atoms with van der Waals surface area (Å²) in [6.45, 7) is -0.712. The van der Waals surface area contributed by atoms with Crippen LogP contribution in [-0.4, -0.2) is 52.2 Å². The molecule has 35 heavy (non-hydrogen) atoms. The average Bonchev–Trinajstić information content (AvgIpc) is 3.19. The first-order chi connectivity index (χ1) is 16.3. The summed E-state index contributed by atoms with van der Waals surface area (Å²) in [7, 11) is 0. The summed E-state index contributed by atoms with van der Waals surface area (Å²) in [6, 6.07) is 5.92. The first-order valence-electron chi connectivity index (χ1n) is 10.4. The SMILES string of the molecule is C[C@H](N(Cc1ccc(F)cc1)C(=O)CN1C(=O)N[C@]2(CC(=O)c3cc(Br)ccc32)C1=O)C(F)(F)F. The Kier molecular flexibility index (Phi) is 6.20. The summed E-state index contributed by atoms with van der Waals surface area (Å²) in [5.41, 5.74) is -1.01. The monoisotopic (exact) mass is 555 g/mol. The largest absolute Gasteiger partial charge is 0.408 e. The lowest BCUT2D eigenvalue weighted by Gasteiger charge is -2.32. The van der Waals surface area contributed by atoms with Crippen LogP contribution in [0.4, 0.5) is 22.4 Å². The topological polar surface area (TPSA) is 86.8 Å². The smallest absolute Gasteiger partial charge is 0.325 e. The van der Waals surface area contributed by atoms with E-state index >= 15 is 0 Å². The highest BCUT2D eigenvalue weighted by Gasteiger charge is 2.58. The van der Waals surface area contributed by atoms with Gasteiger partial charge in [-0.1, -0.05) is 34.1 Å². The fraction of sp³-hybridized carbons (Fsp3) is 0.304. The van der Waals surface area contributed by atoms with Crippen molar-refractivity contribution in [1.82, 2.24) is 15.1 Å². The van der Waals surface area contributed by atoms with Gasteiger partial charge in [0.05, 0.1) is 0 Å². The van der Waals surface area contributed by atoms with E-state index in [2.05, 4.69) is 21.2 Å². The van der Waals surface area contributed by atoms with E-state index in [1.165, 1.54) is 24.3 Å². The van der Waals surface area contributed by atoms with E-state index in [9.17, 15) is 36.7 Å². The lowest BCUT2D eigenvalue weighted by Crippen LogP contribution is -2.51. The molecular weight excluding hydrogens is 538 g/mol. The molecule has 1 N–H and O–H groups in total. The molecule has 2 atom stereocenters. The lowest BCUT2D eigenvalue weighted by molar-refractivity contribution is -0.187.